The van der Waals surface area contributed by atoms with Crippen molar-refractivity contribution < 1.29 is 25.2 Å². The van der Waals surface area contributed by atoms with Gasteiger partial charge in [-0.1, -0.05) is 172 Å². The Hall–Kier alpha value is -1.73. The van der Waals surface area contributed by atoms with Gasteiger partial charge in [-0.25, -0.2) is 0 Å². The first-order valence-corrected chi connectivity index (χ1v) is 21.5. The van der Waals surface area contributed by atoms with Crippen LogP contribution in [0.2, 0.25) is 0 Å². The lowest BCUT2D eigenvalue weighted by Crippen LogP contribution is -2.53. The quantitative estimate of drug-likeness (QED) is 0.0248. The van der Waals surface area contributed by atoms with Crippen LogP contribution >= 0.6 is 0 Å². The number of hydrogen-bond donors (Lipinski definition) is 5. The topological polar surface area (TPSA) is 110 Å². The summed E-state index contributed by atoms with van der Waals surface area (Å²) in [5, 5.41) is 43.6. The minimum Gasteiger partial charge on any atom is -0.394 e. The predicted octanol–water partition coefficient (Wildman–Crippen LogP) is 11.1. The summed E-state index contributed by atoms with van der Waals surface area (Å²) in [5.74, 6) is -0.604. The Labute approximate surface area is 315 Å². The van der Waals surface area contributed by atoms with Crippen molar-refractivity contribution in [2.75, 3.05) is 6.61 Å². The zero-order valence-electron chi connectivity index (χ0n) is 33.3. The molecule has 1 amide bonds. The van der Waals surface area contributed by atoms with E-state index in [2.05, 4.69) is 67.8 Å². The van der Waals surface area contributed by atoms with E-state index in [1.807, 2.05) is 0 Å². The minimum absolute atomic E-state index is 0.353. The van der Waals surface area contributed by atoms with Gasteiger partial charge in [0.05, 0.1) is 18.8 Å². The van der Waals surface area contributed by atoms with Crippen molar-refractivity contribution in [1.82, 2.24) is 5.32 Å². The second kappa shape index (κ2) is 39.5. The number of carbonyl (C=O) groups excluding carboxylic acids is 1. The molecule has 4 unspecified atom stereocenters. The van der Waals surface area contributed by atoms with E-state index < -0.39 is 36.9 Å². The minimum atomic E-state index is -1.29. The summed E-state index contributed by atoms with van der Waals surface area (Å²) in [6.07, 6.45) is 47.0. The second-order valence-electron chi connectivity index (χ2n) is 14.7. The van der Waals surface area contributed by atoms with E-state index in [0.717, 1.165) is 44.9 Å². The lowest BCUT2D eigenvalue weighted by atomic mass is 10.00. The molecule has 0 saturated heterocycles. The molecule has 5 N–H and O–H groups in total. The number of hydrogen-bond acceptors (Lipinski definition) is 5. The summed E-state index contributed by atoms with van der Waals surface area (Å²) in [7, 11) is 0. The van der Waals surface area contributed by atoms with Gasteiger partial charge < -0.3 is 25.7 Å². The normalized spacial score (nSPS) is 14.7. The molecule has 6 heteroatoms. The largest absolute Gasteiger partial charge is 0.394 e. The van der Waals surface area contributed by atoms with Gasteiger partial charge in [0.25, 0.3) is 0 Å². The molecule has 298 valence electrons. The highest BCUT2D eigenvalue weighted by Gasteiger charge is 2.28. The molecule has 0 fully saturated rings. The van der Waals surface area contributed by atoms with Crippen LogP contribution in [0.4, 0.5) is 0 Å². The van der Waals surface area contributed by atoms with Crippen molar-refractivity contribution in [3.05, 3.63) is 48.6 Å². The molecule has 0 bridgehead atoms. The third-order valence-electron chi connectivity index (χ3n) is 9.77. The Morgan fingerprint density at radius 3 is 1.39 bits per heavy atom. The molecule has 0 radical (unpaired) electrons. The molecule has 0 aliphatic heterocycles. The first-order chi connectivity index (χ1) is 25.0. The van der Waals surface area contributed by atoms with Crippen LogP contribution in [0.3, 0.4) is 0 Å². The first kappa shape index (κ1) is 49.3. The SMILES string of the molecule is CCCCC/C=C\C=C/CCCCCCCCCCCC(O)C(=O)NC(CO)C(O)C(O)CCC/C=C/CC/C=C/CCCCCCCCCC. The highest BCUT2D eigenvalue weighted by Crippen LogP contribution is 2.14. The highest BCUT2D eigenvalue weighted by molar-refractivity contribution is 5.80. The van der Waals surface area contributed by atoms with Crippen molar-refractivity contribution in [1.29, 1.82) is 0 Å². The lowest BCUT2D eigenvalue weighted by Gasteiger charge is -2.27. The number of aliphatic hydroxyl groups excluding tert-OH is 4. The van der Waals surface area contributed by atoms with Gasteiger partial charge in [0.1, 0.15) is 12.2 Å². The van der Waals surface area contributed by atoms with Gasteiger partial charge in [-0.15, -0.1) is 0 Å². The fourth-order valence-corrected chi connectivity index (χ4v) is 6.29. The molecule has 0 aromatic rings. The Balaban J connectivity index is 3.84. The Morgan fingerprint density at radius 1 is 0.490 bits per heavy atom. The number of rotatable bonds is 38. The molecule has 0 aliphatic carbocycles. The van der Waals surface area contributed by atoms with Crippen LogP contribution in [0.5, 0.6) is 0 Å². The number of amides is 1. The molecule has 0 spiro atoms. The lowest BCUT2D eigenvalue weighted by molar-refractivity contribution is -0.132. The number of allylic oxidation sites excluding steroid dienone is 8. The number of carbonyl (C=O) groups is 1. The van der Waals surface area contributed by atoms with Crippen LogP contribution in [0.25, 0.3) is 0 Å². The van der Waals surface area contributed by atoms with E-state index in [1.54, 1.807) is 0 Å². The van der Waals surface area contributed by atoms with Crippen molar-refractivity contribution in [3.63, 3.8) is 0 Å². The van der Waals surface area contributed by atoms with Gasteiger partial charge in [-0.2, -0.15) is 0 Å². The number of nitrogens with one attached hydrogen (secondary N) is 1. The van der Waals surface area contributed by atoms with Gasteiger partial charge in [0.2, 0.25) is 5.91 Å². The zero-order chi connectivity index (χ0) is 37.5. The van der Waals surface area contributed by atoms with Crippen LogP contribution in [0, 0.1) is 0 Å². The first-order valence-electron chi connectivity index (χ1n) is 21.5. The molecule has 4 atom stereocenters. The van der Waals surface area contributed by atoms with Crippen molar-refractivity contribution in [2.45, 2.75) is 224 Å². The summed E-state index contributed by atoms with van der Waals surface area (Å²) in [6.45, 7) is 3.99. The summed E-state index contributed by atoms with van der Waals surface area (Å²) in [4.78, 5) is 12.5. The van der Waals surface area contributed by atoms with Crippen molar-refractivity contribution in [3.8, 4) is 0 Å². The Bertz CT molecular complexity index is 854. The average molecular weight is 718 g/mol. The van der Waals surface area contributed by atoms with Gasteiger partial charge in [-0.3, -0.25) is 4.79 Å². The molecule has 0 aromatic carbocycles. The Kier molecular flexibility index (Phi) is 38.1. The summed E-state index contributed by atoms with van der Waals surface area (Å²) < 4.78 is 0. The molecular weight excluding hydrogens is 634 g/mol. The molecule has 51 heavy (non-hydrogen) atoms. The predicted molar refractivity (Wildman–Crippen MR) is 219 cm³/mol. The molecule has 0 aliphatic rings. The number of aliphatic hydroxyl groups is 4. The standard InChI is InChI=1S/C45H83NO5/c1-3-5-7-9-11-13-15-17-19-21-23-25-27-29-31-33-35-37-39-43(49)45(51)46-41(40-47)44(50)42(48)38-36-34-32-30-28-26-24-22-20-18-16-14-12-10-8-6-4-2/h11,13,15,17,22,24,30,32,41-44,47-50H,3-10,12,14,16,18-21,23,25-29,31,33-40H2,1-2H3,(H,46,51)/b13-11-,17-15-,24-22+,32-30+. The molecule has 0 aromatic heterocycles. The number of unbranched alkanes of at least 4 members (excludes halogenated alkanes) is 22. The highest BCUT2D eigenvalue weighted by atomic mass is 16.3. The summed E-state index contributed by atoms with van der Waals surface area (Å²) in [6, 6.07) is -1.01. The van der Waals surface area contributed by atoms with Gasteiger partial charge in [0, 0.05) is 0 Å². The smallest absolute Gasteiger partial charge is 0.249 e. The maximum absolute atomic E-state index is 12.5. The summed E-state index contributed by atoms with van der Waals surface area (Å²) in [5.41, 5.74) is 0. The van der Waals surface area contributed by atoms with Crippen molar-refractivity contribution >= 4 is 5.91 Å². The van der Waals surface area contributed by atoms with E-state index in [0.29, 0.717) is 19.3 Å². The van der Waals surface area contributed by atoms with E-state index in [-0.39, 0.29) is 0 Å². The van der Waals surface area contributed by atoms with E-state index in [1.165, 1.54) is 122 Å². The second-order valence-corrected chi connectivity index (χ2v) is 14.7. The zero-order valence-corrected chi connectivity index (χ0v) is 33.3. The van der Waals surface area contributed by atoms with Crippen LogP contribution in [0.1, 0.15) is 200 Å². The third-order valence-corrected chi connectivity index (χ3v) is 9.77. The third kappa shape index (κ3) is 33.8. The van der Waals surface area contributed by atoms with E-state index in [4.69, 9.17) is 0 Å². The molecular formula is C45H83NO5. The maximum atomic E-state index is 12.5. The molecule has 0 saturated carbocycles. The summed E-state index contributed by atoms with van der Waals surface area (Å²) >= 11 is 0. The molecule has 6 nitrogen and oxygen atoms in total. The van der Waals surface area contributed by atoms with Gasteiger partial charge in [-0.05, 0) is 77.0 Å². The van der Waals surface area contributed by atoms with Crippen LogP contribution in [0.15, 0.2) is 48.6 Å². The van der Waals surface area contributed by atoms with Crippen molar-refractivity contribution in [2.24, 2.45) is 0 Å². The van der Waals surface area contributed by atoms with Crippen LogP contribution in [-0.2, 0) is 4.79 Å². The van der Waals surface area contributed by atoms with Crippen LogP contribution in [-0.4, -0.2) is 57.3 Å². The fraction of sp³-hybridized carbons (Fsp3) is 0.800. The average Bonchev–Trinajstić information content (AvgIpc) is 3.13. The van der Waals surface area contributed by atoms with E-state index >= 15 is 0 Å². The van der Waals surface area contributed by atoms with Gasteiger partial charge in [0.15, 0.2) is 0 Å². The monoisotopic (exact) mass is 718 g/mol. The maximum Gasteiger partial charge on any atom is 0.249 e. The van der Waals surface area contributed by atoms with Gasteiger partial charge >= 0.3 is 0 Å². The Morgan fingerprint density at radius 2 is 0.882 bits per heavy atom. The van der Waals surface area contributed by atoms with Crippen LogP contribution < -0.4 is 5.32 Å². The molecule has 0 rings (SSSR count). The fourth-order valence-electron chi connectivity index (χ4n) is 6.29. The molecule has 0 heterocycles. The van der Waals surface area contributed by atoms with E-state index in [9.17, 15) is 25.2 Å².